The molecular formula is C31H33F2N3O2. The molecule has 2 amide bonds. The molecule has 198 valence electrons. The predicted molar refractivity (Wildman–Crippen MR) is 144 cm³/mol. The van der Waals surface area contributed by atoms with E-state index in [0.29, 0.717) is 18.5 Å². The number of amides is 2. The van der Waals surface area contributed by atoms with Gasteiger partial charge in [-0.25, -0.2) is 8.78 Å². The SMILES string of the molecule is O=C(N[C@@H]1CCC(F)(F)C[C@@H]1C(=O)NCC[C@H]1Cc2ccccc2N[C@H]1c1ccccc1)c1ccccc1. The number of anilines is 1. The van der Waals surface area contributed by atoms with E-state index in [4.69, 9.17) is 0 Å². The van der Waals surface area contributed by atoms with Gasteiger partial charge in [0.25, 0.3) is 5.91 Å². The van der Waals surface area contributed by atoms with Gasteiger partial charge in [0.2, 0.25) is 11.8 Å². The van der Waals surface area contributed by atoms with Crippen molar-refractivity contribution in [2.24, 2.45) is 11.8 Å². The summed E-state index contributed by atoms with van der Waals surface area (Å²) in [6.45, 7) is 0.373. The van der Waals surface area contributed by atoms with Gasteiger partial charge in [0.1, 0.15) is 0 Å². The molecule has 7 heteroatoms. The molecule has 3 N–H and O–H groups in total. The average Bonchev–Trinajstić information content (AvgIpc) is 2.94. The third kappa shape index (κ3) is 6.04. The molecular weight excluding hydrogens is 484 g/mol. The maximum absolute atomic E-state index is 14.3. The quantitative estimate of drug-likeness (QED) is 0.374. The van der Waals surface area contributed by atoms with Gasteiger partial charge in [0, 0.05) is 36.7 Å². The fourth-order valence-corrected chi connectivity index (χ4v) is 5.74. The highest BCUT2D eigenvalue weighted by Gasteiger charge is 2.45. The van der Waals surface area contributed by atoms with Crippen LogP contribution in [-0.2, 0) is 11.2 Å². The van der Waals surface area contributed by atoms with E-state index in [1.165, 1.54) is 11.1 Å². The number of alkyl halides is 2. The molecule has 1 saturated carbocycles. The Bertz CT molecular complexity index is 1250. The smallest absolute Gasteiger partial charge is 0.251 e. The molecule has 4 atom stereocenters. The Kier molecular flexibility index (Phi) is 7.72. The summed E-state index contributed by atoms with van der Waals surface area (Å²) in [6.07, 6.45) is 0.696. The van der Waals surface area contributed by atoms with Crippen LogP contribution in [0.4, 0.5) is 14.5 Å². The number of hydrogen-bond acceptors (Lipinski definition) is 3. The molecule has 0 radical (unpaired) electrons. The molecule has 5 nitrogen and oxygen atoms in total. The Morgan fingerprint density at radius 1 is 0.921 bits per heavy atom. The van der Waals surface area contributed by atoms with Gasteiger partial charge >= 0.3 is 0 Å². The topological polar surface area (TPSA) is 70.2 Å². The van der Waals surface area contributed by atoms with Crippen molar-refractivity contribution in [3.63, 3.8) is 0 Å². The molecule has 1 aliphatic carbocycles. The molecule has 2 aliphatic rings. The number of halogens is 2. The highest BCUT2D eigenvalue weighted by atomic mass is 19.3. The molecule has 1 fully saturated rings. The standard InChI is InChI=1S/C31H33F2N3O2/c32-31(33)17-15-27(36-29(37)22-11-5-2-6-12-22)25(20-31)30(38)34-18-16-24-19-23-13-7-8-14-26(23)35-28(24)21-9-3-1-4-10-21/h1-14,24-25,27-28,35H,15-20H2,(H,34,38)(H,36,37)/t24-,25-,27+,28-/m0/s1. The fourth-order valence-electron chi connectivity index (χ4n) is 5.74. The second kappa shape index (κ2) is 11.3. The lowest BCUT2D eigenvalue weighted by Crippen LogP contribution is -2.52. The van der Waals surface area contributed by atoms with E-state index in [1.807, 2.05) is 30.3 Å². The Balaban J connectivity index is 1.24. The maximum atomic E-state index is 14.3. The zero-order chi connectivity index (χ0) is 26.5. The first-order chi connectivity index (χ1) is 18.4. The van der Waals surface area contributed by atoms with Gasteiger partial charge in [-0.1, -0.05) is 66.7 Å². The van der Waals surface area contributed by atoms with Gasteiger partial charge < -0.3 is 16.0 Å². The van der Waals surface area contributed by atoms with Crippen molar-refractivity contribution in [1.82, 2.24) is 10.6 Å². The zero-order valence-electron chi connectivity index (χ0n) is 21.2. The highest BCUT2D eigenvalue weighted by molar-refractivity contribution is 5.94. The third-order valence-corrected chi connectivity index (χ3v) is 7.77. The van der Waals surface area contributed by atoms with E-state index in [1.54, 1.807) is 30.3 Å². The number of nitrogens with one attached hydrogen (secondary N) is 3. The second-order valence-corrected chi connectivity index (χ2v) is 10.4. The van der Waals surface area contributed by atoms with Crippen LogP contribution >= 0.6 is 0 Å². The molecule has 3 aromatic rings. The summed E-state index contributed by atoms with van der Waals surface area (Å²) in [6, 6.07) is 26.5. The lowest BCUT2D eigenvalue weighted by Gasteiger charge is -2.37. The van der Waals surface area contributed by atoms with E-state index >= 15 is 0 Å². The predicted octanol–water partition coefficient (Wildman–Crippen LogP) is 5.75. The number of fused-ring (bicyclic) bond motifs is 1. The maximum Gasteiger partial charge on any atom is 0.251 e. The van der Waals surface area contributed by atoms with Crippen molar-refractivity contribution < 1.29 is 18.4 Å². The van der Waals surface area contributed by atoms with E-state index in [9.17, 15) is 18.4 Å². The Morgan fingerprint density at radius 2 is 1.61 bits per heavy atom. The molecule has 3 aromatic carbocycles. The van der Waals surface area contributed by atoms with E-state index in [-0.39, 0.29) is 30.7 Å². The van der Waals surface area contributed by atoms with Crippen LogP contribution < -0.4 is 16.0 Å². The van der Waals surface area contributed by atoms with Crippen molar-refractivity contribution in [2.45, 2.75) is 50.1 Å². The van der Waals surface area contributed by atoms with Crippen LogP contribution in [0.1, 0.15) is 53.2 Å². The van der Waals surface area contributed by atoms with Crippen molar-refractivity contribution >= 4 is 17.5 Å². The van der Waals surface area contributed by atoms with Gasteiger partial charge in [0.05, 0.1) is 12.0 Å². The van der Waals surface area contributed by atoms with Crippen molar-refractivity contribution in [2.75, 3.05) is 11.9 Å². The first-order valence-corrected chi connectivity index (χ1v) is 13.3. The van der Waals surface area contributed by atoms with Crippen molar-refractivity contribution in [3.8, 4) is 0 Å². The first kappa shape index (κ1) is 25.9. The van der Waals surface area contributed by atoms with Crippen molar-refractivity contribution in [1.29, 1.82) is 0 Å². The molecule has 0 unspecified atom stereocenters. The monoisotopic (exact) mass is 517 g/mol. The molecule has 0 saturated heterocycles. The van der Waals surface area contributed by atoms with E-state index in [2.05, 4.69) is 40.2 Å². The van der Waals surface area contributed by atoms with E-state index in [0.717, 1.165) is 12.1 Å². The molecule has 0 spiro atoms. The Hall–Kier alpha value is -3.74. The number of para-hydroxylation sites is 1. The second-order valence-electron chi connectivity index (χ2n) is 10.4. The van der Waals surface area contributed by atoms with Crippen LogP contribution in [0.3, 0.4) is 0 Å². The largest absolute Gasteiger partial charge is 0.378 e. The average molecular weight is 518 g/mol. The summed E-state index contributed by atoms with van der Waals surface area (Å²) in [5, 5.41) is 9.43. The number of carbonyl (C=O) groups is 2. The lowest BCUT2D eigenvalue weighted by molar-refractivity contribution is -0.134. The van der Waals surface area contributed by atoms with Crippen LogP contribution in [0.2, 0.25) is 0 Å². The van der Waals surface area contributed by atoms with Crippen LogP contribution in [-0.4, -0.2) is 30.3 Å². The minimum atomic E-state index is -2.93. The van der Waals surface area contributed by atoms with Crippen molar-refractivity contribution in [3.05, 3.63) is 102 Å². The third-order valence-electron chi connectivity index (χ3n) is 7.77. The molecule has 0 aromatic heterocycles. The first-order valence-electron chi connectivity index (χ1n) is 13.3. The summed E-state index contributed by atoms with van der Waals surface area (Å²) < 4.78 is 28.7. The Labute approximate surface area is 222 Å². The normalized spacial score (nSPS) is 23.9. The lowest BCUT2D eigenvalue weighted by atomic mass is 9.80. The molecule has 1 aliphatic heterocycles. The van der Waals surface area contributed by atoms with Crippen LogP contribution in [0.15, 0.2) is 84.9 Å². The van der Waals surface area contributed by atoms with Crippen LogP contribution in [0.25, 0.3) is 0 Å². The fraction of sp³-hybridized carbons (Fsp3) is 0.355. The van der Waals surface area contributed by atoms with Crippen LogP contribution in [0.5, 0.6) is 0 Å². The van der Waals surface area contributed by atoms with Gasteiger partial charge in [-0.05, 0) is 54.5 Å². The summed E-state index contributed by atoms with van der Waals surface area (Å²) in [7, 11) is 0. The summed E-state index contributed by atoms with van der Waals surface area (Å²) in [4.78, 5) is 25.9. The van der Waals surface area contributed by atoms with Crippen LogP contribution in [0, 0.1) is 11.8 Å². The summed E-state index contributed by atoms with van der Waals surface area (Å²) >= 11 is 0. The van der Waals surface area contributed by atoms with Gasteiger partial charge in [-0.2, -0.15) is 0 Å². The molecule has 38 heavy (non-hydrogen) atoms. The highest BCUT2D eigenvalue weighted by Crippen LogP contribution is 2.39. The van der Waals surface area contributed by atoms with E-state index < -0.39 is 30.2 Å². The number of benzene rings is 3. The number of hydrogen-bond donors (Lipinski definition) is 3. The summed E-state index contributed by atoms with van der Waals surface area (Å²) in [5.74, 6) is -4.47. The summed E-state index contributed by atoms with van der Waals surface area (Å²) in [5.41, 5.74) is 3.96. The van der Waals surface area contributed by atoms with Gasteiger partial charge in [-0.15, -0.1) is 0 Å². The molecule has 0 bridgehead atoms. The molecule has 1 heterocycles. The number of rotatable bonds is 7. The zero-order valence-corrected chi connectivity index (χ0v) is 21.2. The Morgan fingerprint density at radius 3 is 2.37 bits per heavy atom. The minimum absolute atomic E-state index is 0.0586. The van der Waals surface area contributed by atoms with Gasteiger partial charge in [0.15, 0.2) is 0 Å². The van der Waals surface area contributed by atoms with Gasteiger partial charge in [-0.3, -0.25) is 9.59 Å². The molecule has 5 rings (SSSR count). The number of carbonyl (C=O) groups excluding carboxylic acids is 2. The minimum Gasteiger partial charge on any atom is -0.378 e.